The molecule has 0 bridgehead atoms. The van der Waals surface area contributed by atoms with E-state index in [1.165, 1.54) is 105 Å². The zero-order chi connectivity index (χ0) is 79.7. The fourth-order valence-electron chi connectivity index (χ4n) is 22.0. The highest BCUT2D eigenvalue weighted by Gasteiger charge is 2.52. The van der Waals surface area contributed by atoms with Gasteiger partial charge >= 0.3 is 0 Å². The third-order valence-corrected chi connectivity index (χ3v) is 26.9. The number of benzene rings is 19. The van der Waals surface area contributed by atoms with Crippen LogP contribution >= 0.6 is 0 Å². The third kappa shape index (κ3) is 10.3. The molecule has 0 amide bonds. The molecule has 0 spiro atoms. The van der Waals surface area contributed by atoms with Crippen molar-refractivity contribution in [1.82, 2.24) is 0 Å². The van der Waals surface area contributed by atoms with E-state index < -0.39 is 16.2 Å². The van der Waals surface area contributed by atoms with Gasteiger partial charge in [-0.25, -0.2) is 0 Å². The molecule has 0 radical (unpaired) electrons. The molecule has 0 saturated heterocycles. The number of hydrogen-bond donors (Lipinski definition) is 0. The predicted molar refractivity (Wildman–Crippen MR) is 503 cm³/mol. The molecule has 24 rings (SSSR count). The summed E-state index contributed by atoms with van der Waals surface area (Å²) in [6.07, 6.45) is 0. The van der Waals surface area contributed by atoms with Crippen LogP contribution in [0, 0.1) is 0 Å². The van der Waals surface area contributed by atoms with E-state index in [1.54, 1.807) is 0 Å². The molecule has 0 atom stereocenters. The van der Waals surface area contributed by atoms with E-state index in [4.69, 9.17) is 0 Å². The molecule has 19 aromatic rings. The molecular weight excluding hydrogens is 1460 g/mol. The Balaban J connectivity index is 0.813. The predicted octanol–water partition coefficient (Wildman–Crippen LogP) is 27.3. The molecule has 0 aromatic heterocycles. The SMILES string of the molecule is c1ccc(-c2ccc3c(c2)B2c4cc(-c5ccccc5)ccc4N(c4ccccc4-c4ccc5c(c4)C(c4ccccc4)(c4ccccc4)c4ccccc4-5)c4cc(N5c6ccccc6C(c6ccccc6)(c6ccccc6)c6ccccc65)cc(c42)N3c2ccccc2-c2ccc3c(c2)C(c2ccccc2)(c2ccccc2)c2ccccc2-3)cc1. The molecular formula is C117H78BN3. The lowest BCUT2D eigenvalue weighted by Gasteiger charge is -2.48. The minimum atomic E-state index is -0.716. The van der Waals surface area contributed by atoms with Crippen LogP contribution in [0.15, 0.2) is 473 Å². The number of rotatable bonds is 13. The van der Waals surface area contributed by atoms with Crippen molar-refractivity contribution in [2.24, 2.45) is 0 Å². The Kier molecular flexibility index (Phi) is 16.1. The standard InChI is InChI=1S/C117H78BN3/c1-9-37-79(38-10-1)81-67-71-110-104(75-81)118-105-76-82(80-39-11-2-12-40-80)68-72-111(105)121(107-62-34-28-54-93(107)84-66-70-97-95-56-26-30-58-99(95)116(103(97)74-84,87-45-17-5-18-46-87)88-47-19-6-20-48-88)113-78-91(119-108-63-35-31-59-100(108)117(89-49-21-7-22-50-89,90-51-23-8-24-52-90)101-60-32-36-64-109(101)119)77-112(114(113)118)120(110)106-61-33-27-53-92(106)83-65-69-96-94-55-25-29-57-98(94)115(102(96)73-83,85-41-13-3-14-42-85)86-43-15-4-16-44-86/h1-78H. The molecule has 0 N–H and O–H groups in total. The fraction of sp³-hybridized carbons (Fsp3) is 0.0256. The van der Waals surface area contributed by atoms with E-state index in [0.717, 1.165) is 95.7 Å². The van der Waals surface area contributed by atoms with Crippen LogP contribution in [0.3, 0.4) is 0 Å². The highest BCUT2D eigenvalue weighted by molar-refractivity contribution is 7.00. The Labute approximate surface area is 707 Å². The minimum Gasteiger partial charge on any atom is -0.311 e. The first-order valence-electron chi connectivity index (χ1n) is 42.2. The van der Waals surface area contributed by atoms with Crippen LogP contribution in [-0.4, -0.2) is 6.71 Å². The Morgan fingerprint density at radius 1 is 0.157 bits per heavy atom. The maximum atomic E-state index is 2.67. The maximum absolute atomic E-state index is 2.67. The molecule has 0 fully saturated rings. The second-order valence-corrected chi connectivity index (χ2v) is 32.7. The first-order chi connectivity index (χ1) is 60.1. The second kappa shape index (κ2) is 27.9. The van der Waals surface area contributed by atoms with Gasteiger partial charge in [0.05, 0.1) is 44.7 Å². The van der Waals surface area contributed by atoms with Gasteiger partial charge in [-0.15, -0.1) is 0 Å². The van der Waals surface area contributed by atoms with Gasteiger partial charge in [0, 0.05) is 33.9 Å². The number of nitrogens with zero attached hydrogens (tertiary/aromatic N) is 3. The van der Waals surface area contributed by atoms with Crippen molar-refractivity contribution in [2.45, 2.75) is 16.2 Å². The monoisotopic (exact) mass is 1540 g/mol. The lowest BCUT2D eigenvalue weighted by Crippen LogP contribution is -2.61. The Morgan fingerprint density at radius 2 is 0.430 bits per heavy atom. The third-order valence-electron chi connectivity index (χ3n) is 26.9. The molecule has 3 aliphatic heterocycles. The molecule has 121 heavy (non-hydrogen) atoms. The summed E-state index contributed by atoms with van der Waals surface area (Å²) in [7, 11) is 0. The van der Waals surface area contributed by atoms with E-state index >= 15 is 0 Å². The van der Waals surface area contributed by atoms with Gasteiger partial charge in [0.2, 0.25) is 0 Å². The van der Waals surface area contributed by atoms with E-state index in [1.807, 2.05) is 0 Å². The topological polar surface area (TPSA) is 9.72 Å². The van der Waals surface area contributed by atoms with Gasteiger partial charge in [0.25, 0.3) is 6.71 Å². The zero-order valence-electron chi connectivity index (χ0n) is 66.5. The lowest BCUT2D eigenvalue weighted by molar-refractivity contribution is 0.731. The number of para-hydroxylation sites is 4. The van der Waals surface area contributed by atoms with Crippen LogP contribution in [0.25, 0.3) is 66.8 Å². The van der Waals surface area contributed by atoms with Gasteiger partial charge in [0.15, 0.2) is 0 Å². The summed E-state index contributed by atoms with van der Waals surface area (Å²) < 4.78 is 0. The summed E-state index contributed by atoms with van der Waals surface area (Å²) in [4.78, 5) is 7.94. The van der Waals surface area contributed by atoms with Crippen molar-refractivity contribution in [2.75, 3.05) is 14.7 Å². The first kappa shape index (κ1) is 69.9. The van der Waals surface area contributed by atoms with Crippen molar-refractivity contribution >= 4 is 74.3 Å². The molecule has 0 saturated carbocycles. The average molecular weight is 1540 g/mol. The zero-order valence-corrected chi connectivity index (χ0v) is 66.5. The smallest absolute Gasteiger partial charge is 0.252 e. The summed E-state index contributed by atoms with van der Waals surface area (Å²) in [6, 6.07) is 179. The molecule has 2 aliphatic carbocycles. The van der Waals surface area contributed by atoms with Crippen LogP contribution in [0.1, 0.15) is 66.8 Å². The lowest BCUT2D eigenvalue weighted by atomic mass is 9.33. The molecule has 4 heteroatoms. The quantitative estimate of drug-likeness (QED) is 0.107. The van der Waals surface area contributed by atoms with Crippen LogP contribution in [0.5, 0.6) is 0 Å². The molecule has 3 nitrogen and oxygen atoms in total. The molecule has 0 unspecified atom stereocenters. The van der Waals surface area contributed by atoms with Gasteiger partial charge < -0.3 is 14.7 Å². The van der Waals surface area contributed by atoms with Gasteiger partial charge in [-0.3, -0.25) is 0 Å². The van der Waals surface area contributed by atoms with Gasteiger partial charge in [0.1, 0.15) is 0 Å². The molecule has 564 valence electrons. The maximum Gasteiger partial charge on any atom is 0.252 e. The van der Waals surface area contributed by atoms with E-state index in [2.05, 4.69) is 488 Å². The van der Waals surface area contributed by atoms with Gasteiger partial charge in [-0.2, -0.15) is 0 Å². The minimum absolute atomic E-state index is 0.292. The molecule has 5 aliphatic rings. The van der Waals surface area contributed by atoms with Gasteiger partial charge in [-0.05, 0) is 199 Å². The summed E-state index contributed by atoms with van der Waals surface area (Å²) >= 11 is 0. The van der Waals surface area contributed by atoms with Gasteiger partial charge in [-0.1, -0.05) is 413 Å². The van der Waals surface area contributed by atoms with Crippen molar-refractivity contribution in [3.8, 4) is 66.8 Å². The largest absolute Gasteiger partial charge is 0.311 e. The summed E-state index contributed by atoms with van der Waals surface area (Å²) in [5.74, 6) is 0. The van der Waals surface area contributed by atoms with Crippen LogP contribution in [0.4, 0.5) is 51.2 Å². The molecule has 19 aromatic carbocycles. The summed E-state index contributed by atoms with van der Waals surface area (Å²) in [5, 5.41) is 0. The van der Waals surface area contributed by atoms with E-state index in [0.29, 0.717) is 0 Å². The number of fused-ring (bicyclic) bond motifs is 12. The summed E-state index contributed by atoms with van der Waals surface area (Å²) in [5.41, 5.74) is 40.3. The number of hydrogen-bond acceptors (Lipinski definition) is 3. The fourth-order valence-corrected chi connectivity index (χ4v) is 22.0. The van der Waals surface area contributed by atoms with Crippen molar-refractivity contribution in [3.63, 3.8) is 0 Å². The number of anilines is 9. The van der Waals surface area contributed by atoms with Crippen molar-refractivity contribution in [1.29, 1.82) is 0 Å². The highest BCUT2D eigenvalue weighted by Crippen LogP contribution is 2.63. The average Bonchev–Trinajstić information content (AvgIpc) is 1.66. The van der Waals surface area contributed by atoms with Crippen molar-refractivity contribution < 1.29 is 0 Å². The highest BCUT2D eigenvalue weighted by atomic mass is 15.2. The van der Waals surface area contributed by atoms with Crippen LogP contribution < -0.4 is 31.1 Å². The van der Waals surface area contributed by atoms with Crippen molar-refractivity contribution in [3.05, 3.63) is 540 Å². The summed E-state index contributed by atoms with van der Waals surface area (Å²) in [6.45, 7) is -0.292. The normalized spacial score (nSPS) is 14.1. The van der Waals surface area contributed by atoms with Crippen LogP contribution in [0.2, 0.25) is 0 Å². The molecule has 3 heterocycles. The second-order valence-electron chi connectivity index (χ2n) is 32.7. The Hall–Kier alpha value is -15.4. The van der Waals surface area contributed by atoms with E-state index in [9.17, 15) is 0 Å². The first-order valence-corrected chi connectivity index (χ1v) is 42.2. The van der Waals surface area contributed by atoms with Crippen LogP contribution in [-0.2, 0) is 16.2 Å². The van der Waals surface area contributed by atoms with E-state index in [-0.39, 0.29) is 6.71 Å². The Morgan fingerprint density at radius 3 is 0.785 bits per heavy atom. The Bertz CT molecular complexity index is 6770.